The Hall–Kier alpha value is -2.24. The smallest absolute Gasteiger partial charge is 0.253 e. The number of hydrogen-bond donors (Lipinski definition) is 1. The molecule has 0 atom stereocenters. The number of carbonyl (C=O) groups excluding carboxylic acids is 2. The number of nitrogens with zero attached hydrogens (tertiary/aromatic N) is 2. The monoisotopic (exact) mass is 375 g/mol. The van der Waals surface area contributed by atoms with Gasteiger partial charge < -0.3 is 19.9 Å². The summed E-state index contributed by atoms with van der Waals surface area (Å²) in [5.41, 5.74) is 1.47. The molecule has 0 radical (unpaired) electrons. The van der Waals surface area contributed by atoms with Crippen molar-refractivity contribution in [2.75, 3.05) is 46.2 Å². The SMILES string of the molecule is COc1ccc(C(=O)N(C)C)cc1NCC1CCN(C(=O)CC(C)C)CC1. The van der Waals surface area contributed by atoms with Gasteiger partial charge in [-0.05, 0) is 42.9 Å². The highest BCUT2D eigenvalue weighted by Gasteiger charge is 2.23. The molecule has 6 heteroatoms. The topological polar surface area (TPSA) is 61.9 Å². The molecule has 150 valence electrons. The van der Waals surface area contributed by atoms with E-state index in [1.54, 1.807) is 32.2 Å². The minimum absolute atomic E-state index is 0.0299. The van der Waals surface area contributed by atoms with Crippen LogP contribution in [-0.2, 0) is 4.79 Å². The number of amides is 2. The number of benzene rings is 1. The van der Waals surface area contributed by atoms with Gasteiger partial charge in [0.25, 0.3) is 5.91 Å². The molecule has 0 unspecified atom stereocenters. The summed E-state index contributed by atoms with van der Waals surface area (Å²) < 4.78 is 5.43. The highest BCUT2D eigenvalue weighted by atomic mass is 16.5. The van der Waals surface area contributed by atoms with Gasteiger partial charge in [-0.1, -0.05) is 13.8 Å². The molecular weight excluding hydrogens is 342 g/mol. The highest BCUT2D eigenvalue weighted by molar-refractivity contribution is 5.95. The maximum atomic E-state index is 12.2. The Bertz CT molecular complexity index is 650. The van der Waals surface area contributed by atoms with E-state index in [2.05, 4.69) is 19.2 Å². The van der Waals surface area contributed by atoms with Crippen LogP contribution in [0.15, 0.2) is 18.2 Å². The number of nitrogens with one attached hydrogen (secondary N) is 1. The van der Waals surface area contributed by atoms with Crippen molar-refractivity contribution < 1.29 is 14.3 Å². The molecule has 0 bridgehead atoms. The number of anilines is 1. The Morgan fingerprint density at radius 1 is 1.26 bits per heavy atom. The first kappa shape index (κ1) is 21.1. The largest absolute Gasteiger partial charge is 0.495 e. The van der Waals surface area contributed by atoms with Gasteiger partial charge in [0.1, 0.15) is 5.75 Å². The molecule has 0 aliphatic carbocycles. The van der Waals surface area contributed by atoms with Crippen molar-refractivity contribution in [1.29, 1.82) is 0 Å². The van der Waals surface area contributed by atoms with Crippen LogP contribution in [0.25, 0.3) is 0 Å². The summed E-state index contributed by atoms with van der Waals surface area (Å²) in [4.78, 5) is 27.9. The van der Waals surface area contributed by atoms with E-state index in [1.165, 1.54) is 0 Å². The van der Waals surface area contributed by atoms with Crippen molar-refractivity contribution in [2.24, 2.45) is 11.8 Å². The van der Waals surface area contributed by atoms with Gasteiger partial charge in [0.05, 0.1) is 12.8 Å². The van der Waals surface area contributed by atoms with E-state index in [-0.39, 0.29) is 11.8 Å². The zero-order chi connectivity index (χ0) is 20.0. The predicted molar refractivity (Wildman–Crippen MR) is 108 cm³/mol. The molecule has 1 aliphatic heterocycles. The van der Waals surface area contributed by atoms with Crippen LogP contribution in [0.2, 0.25) is 0 Å². The lowest BCUT2D eigenvalue weighted by Crippen LogP contribution is -2.40. The molecule has 0 saturated carbocycles. The van der Waals surface area contributed by atoms with Crippen molar-refractivity contribution in [1.82, 2.24) is 9.80 Å². The summed E-state index contributed by atoms with van der Waals surface area (Å²) in [7, 11) is 5.12. The summed E-state index contributed by atoms with van der Waals surface area (Å²) >= 11 is 0. The number of ether oxygens (including phenoxy) is 1. The van der Waals surface area contributed by atoms with Crippen LogP contribution in [0.1, 0.15) is 43.5 Å². The van der Waals surface area contributed by atoms with Crippen LogP contribution in [-0.4, -0.2) is 62.5 Å². The first-order valence-corrected chi connectivity index (χ1v) is 9.73. The van der Waals surface area contributed by atoms with Crippen LogP contribution in [0, 0.1) is 11.8 Å². The fourth-order valence-corrected chi connectivity index (χ4v) is 3.36. The van der Waals surface area contributed by atoms with Crippen molar-refractivity contribution in [3.8, 4) is 5.75 Å². The second kappa shape index (κ2) is 9.62. The van der Waals surface area contributed by atoms with Gasteiger partial charge in [0.15, 0.2) is 0 Å². The van der Waals surface area contributed by atoms with Crippen molar-refractivity contribution in [3.63, 3.8) is 0 Å². The highest BCUT2D eigenvalue weighted by Crippen LogP contribution is 2.27. The lowest BCUT2D eigenvalue weighted by molar-refractivity contribution is -0.133. The molecule has 0 aromatic heterocycles. The average molecular weight is 376 g/mol. The molecule has 6 nitrogen and oxygen atoms in total. The van der Waals surface area contributed by atoms with E-state index < -0.39 is 0 Å². The van der Waals surface area contributed by atoms with Gasteiger partial charge in [-0.2, -0.15) is 0 Å². The van der Waals surface area contributed by atoms with E-state index in [0.29, 0.717) is 23.8 Å². The molecule has 0 spiro atoms. The zero-order valence-corrected chi connectivity index (χ0v) is 17.2. The number of hydrogen-bond acceptors (Lipinski definition) is 4. The summed E-state index contributed by atoms with van der Waals surface area (Å²) in [6.45, 7) is 6.62. The van der Waals surface area contributed by atoms with E-state index in [1.807, 2.05) is 17.0 Å². The fourth-order valence-electron chi connectivity index (χ4n) is 3.36. The maximum Gasteiger partial charge on any atom is 0.253 e. The van der Waals surface area contributed by atoms with Gasteiger partial charge in [-0.25, -0.2) is 0 Å². The second-order valence-corrected chi connectivity index (χ2v) is 7.92. The summed E-state index contributed by atoms with van der Waals surface area (Å²) in [5.74, 6) is 1.88. The van der Waals surface area contributed by atoms with E-state index >= 15 is 0 Å². The van der Waals surface area contributed by atoms with Gasteiger partial charge in [0, 0.05) is 45.7 Å². The summed E-state index contributed by atoms with van der Waals surface area (Å²) in [6, 6.07) is 5.46. The third kappa shape index (κ3) is 5.88. The van der Waals surface area contributed by atoms with Gasteiger partial charge in [0.2, 0.25) is 5.91 Å². The quantitative estimate of drug-likeness (QED) is 0.795. The molecule has 2 rings (SSSR count). The molecule has 1 saturated heterocycles. The maximum absolute atomic E-state index is 12.2. The molecule has 1 aliphatic rings. The Morgan fingerprint density at radius 3 is 2.48 bits per heavy atom. The number of methoxy groups -OCH3 is 1. The fraction of sp³-hybridized carbons (Fsp3) is 0.619. The first-order valence-electron chi connectivity index (χ1n) is 9.73. The normalized spacial score (nSPS) is 15.0. The number of piperidine rings is 1. The minimum atomic E-state index is -0.0299. The van der Waals surface area contributed by atoms with Gasteiger partial charge >= 0.3 is 0 Å². The van der Waals surface area contributed by atoms with Crippen LogP contribution in [0.3, 0.4) is 0 Å². The van der Waals surface area contributed by atoms with Crippen LogP contribution in [0.4, 0.5) is 5.69 Å². The Morgan fingerprint density at radius 2 is 1.93 bits per heavy atom. The van der Waals surface area contributed by atoms with Gasteiger partial charge in [-0.15, -0.1) is 0 Å². The second-order valence-electron chi connectivity index (χ2n) is 7.92. The van der Waals surface area contributed by atoms with E-state index in [9.17, 15) is 9.59 Å². The van der Waals surface area contributed by atoms with Crippen molar-refractivity contribution in [3.05, 3.63) is 23.8 Å². The lowest BCUT2D eigenvalue weighted by atomic mass is 9.96. The molecule has 2 amide bonds. The Balaban J connectivity index is 1.92. The van der Waals surface area contributed by atoms with Crippen LogP contribution < -0.4 is 10.1 Å². The third-order valence-corrected chi connectivity index (χ3v) is 4.98. The molecule has 27 heavy (non-hydrogen) atoms. The predicted octanol–water partition coefficient (Wildman–Crippen LogP) is 3.09. The molecule has 1 aromatic rings. The number of rotatable bonds is 7. The van der Waals surface area contributed by atoms with Gasteiger partial charge in [-0.3, -0.25) is 9.59 Å². The first-order chi connectivity index (χ1) is 12.8. The molecule has 1 heterocycles. The summed E-state index contributed by atoms with van der Waals surface area (Å²) in [6.07, 6.45) is 2.62. The Labute approximate surface area is 162 Å². The minimum Gasteiger partial charge on any atom is -0.495 e. The van der Waals surface area contributed by atoms with Crippen molar-refractivity contribution >= 4 is 17.5 Å². The van der Waals surface area contributed by atoms with Crippen molar-refractivity contribution in [2.45, 2.75) is 33.1 Å². The van der Waals surface area contributed by atoms with Crippen LogP contribution in [0.5, 0.6) is 5.75 Å². The third-order valence-electron chi connectivity index (χ3n) is 4.98. The molecular formula is C21H33N3O3. The standard InChI is InChI=1S/C21H33N3O3/c1-15(2)12-20(25)24-10-8-16(9-11-24)14-22-18-13-17(21(26)23(3)4)6-7-19(18)27-5/h6-7,13,15-16,22H,8-12,14H2,1-5H3. The van der Waals surface area contributed by atoms with Crippen LogP contribution >= 0.6 is 0 Å². The molecule has 1 N–H and O–H groups in total. The zero-order valence-electron chi connectivity index (χ0n) is 17.2. The lowest BCUT2D eigenvalue weighted by Gasteiger charge is -2.32. The van der Waals surface area contributed by atoms with E-state index in [0.717, 1.165) is 43.9 Å². The molecule has 1 aromatic carbocycles. The van der Waals surface area contributed by atoms with E-state index in [4.69, 9.17) is 4.74 Å². The number of carbonyl (C=O) groups is 2. The Kier molecular flexibility index (Phi) is 7.51. The average Bonchev–Trinajstić information content (AvgIpc) is 2.65. The molecule has 1 fully saturated rings. The summed E-state index contributed by atoms with van der Waals surface area (Å²) in [5, 5.41) is 3.45. The number of likely N-dealkylation sites (tertiary alicyclic amines) is 1.